The standard InChI is InChI=1S/C11H14N2O3/c14-10-3-1-2-9(13-10)11(15)12-8-4-6-16-7-5-8/h1-3,8H,4-7H2,(H,12,15)(H,13,14). The van der Waals surface area contributed by atoms with Crippen LogP contribution in [0.5, 0.6) is 0 Å². The Kier molecular flexibility index (Phi) is 3.36. The fourth-order valence-corrected chi connectivity index (χ4v) is 1.69. The molecule has 1 fully saturated rings. The van der Waals surface area contributed by atoms with Gasteiger partial charge in [-0.1, -0.05) is 6.07 Å². The largest absolute Gasteiger partial charge is 0.381 e. The average molecular weight is 222 g/mol. The van der Waals surface area contributed by atoms with Crippen molar-refractivity contribution in [2.24, 2.45) is 0 Å². The van der Waals surface area contributed by atoms with Crippen LogP contribution in [0.25, 0.3) is 0 Å². The number of hydrogen-bond donors (Lipinski definition) is 2. The predicted molar refractivity (Wildman–Crippen MR) is 58.4 cm³/mol. The number of aromatic nitrogens is 1. The molecule has 1 amide bonds. The van der Waals surface area contributed by atoms with Gasteiger partial charge in [0.1, 0.15) is 5.69 Å². The third-order valence-electron chi connectivity index (χ3n) is 2.57. The van der Waals surface area contributed by atoms with Crippen LogP contribution in [0.1, 0.15) is 23.3 Å². The molecule has 0 spiro atoms. The Balaban J connectivity index is 1.99. The summed E-state index contributed by atoms with van der Waals surface area (Å²) >= 11 is 0. The van der Waals surface area contributed by atoms with Crippen molar-refractivity contribution in [1.29, 1.82) is 0 Å². The monoisotopic (exact) mass is 222 g/mol. The number of rotatable bonds is 2. The molecule has 0 bridgehead atoms. The van der Waals surface area contributed by atoms with Gasteiger partial charge in [0.15, 0.2) is 0 Å². The molecule has 5 nitrogen and oxygen atoms in total. The Bertz CT molecular complexity index is 421. The Hall–Kier alpha value is -1.62. The second-order valence-electron chi connectivity index (χ2n) is 3.79. The average Bonchev–Trinajstić information content (AvgIpc) is 2.30. The van der Waals surface area contributed by atoms with Gasteiger partial charge < -0.3 is 15.0 Å². The van der Waals surface area contributed by atoms with E-state index in [0.717, 1.165) is 12.8 Å². The highest BCUT2D eigenvalue weighted by atomic mass is 16.5. The lowest BCUT2D eigenvalue weighted by Gasteiger charge is -2.22. The first-order valence-electron chi connectivity index (χ1n) is 5.33. The Morgan fingerprint density at radius 1 is 1.38 bits per heavy atom. The van der Waals surface area contributed by atoms with Crippen LogP contribution in [0, 0.1) is 0 Å². The highest BCUT2D eigenvalue weighted by molar-refractivity contribution is 5.92. The maximum absolute atomic E-state index is 11.7. The molecule has 1 aliphatic rings. The lowest BCUT2D eigenvalue weighted by molar-refractivity contribution is 0.0694. The van der Waals surface area contributed by atoms with Crippen LogP contribution in [-0.2, 0) is 4.74 Å². The van der Waals surface area contributed by atoms with Crippen LogP contribution in [-0.4, -0.2) is 30.1 Å². The van der Waals surface area contributed by atoms with E-state index in [1.165, 1.54) is 6.07 Å². The lowest BCUT2D eigenvalue weighted by Crippen LogP contribution is -2.39. The summed E-state index contributed by atoms with van der Waals surface area (Å²) in [5, 5.41) is 2.87. The van der Waals surface area contributed by atoms with E-state index in [1.807, 2.05) is 0 Å². The maximum Gasteiger partial charge on any atom is 0.268 e. The lowest BCUT2D eigenvalue weighted by atomic mass is 10.1. The zero-order valence-corrected chi connectivity index (χ0v) is 8.86. The van der Waals surface area contributed by atoms with E-state index in [1.54, 1.807) is 12.1 Å². The zero-order valence-electron chi connectivity index (χ0n) is 8.86. The predicted octanol–water partition coefficient (Wildman–Crippen LogP) is 0.284. The Morgan fingerprint density at radius 2 is 2.12 bits per heavy atom. The summed E-state index contributed by atoms with van der Waals surface area (Å²) < 4.78 is 5.20. The summed E-state index contributed by atoms with van der Waals surface area (Å²) in [7, 11) is 0. The summed E-state index contributed by atoms with van der Waals surface area (Å²) in [4.78, 5) is 25.3. The fraction of sp³-hybridized carbons (Fsp3) is 0.455. The van der Waals surface area contributed by atoms with Gasteiger partial charge in [-0.25, -0.2) is 0 Å². The van der Waals surface area contributed by atoms with Crippen molar-refractivity contribution in [3.05, 3.63) is 34.2 Å². The van der Waals surface area contributed by atoms with Gasteiger partial charge in [0, 0.05) is 25.3 Å². The topological polar surface area (TPSA) is 71.2 Å². The van der Waals surface area contributed by atoms with Gasteiger partial charge in [-0.05, 0) is 18.9 Å². The molecule has 2 rings (SSSR count). The molecule has 1 aromatic rings. The second kappa shape index (κ2) is 4.94. The minimum atomic E-state index is -0.264. The maximum atomic E-state index is 11.7. The van der Waals surface area contributed by atoms with Gasteiger partial charge in [-0.2, -0.15) is 0 Å². The summed E-state index contributed by atoms with van der Waals surface area (Å²) in [6.07, 6.45) is 1.64. The first-order chi connectivity index (χ1) is 7.75. The normalized spacial score (nSPS) is 17.0. The zero-order chi connectivity index (χ0) is 11.4. The van der Waals surface area contributed by atoms with Crippen LogP contribution in [0.3, 0.4) is 0 Å². The quantitative estimate of drug-likeness (QED) is 0.755. The first kappa shape index (κ1) is 10.9. The van der Waals surface area contributed by atoms with Gasteiger partial charge in [0.25, 0.3) is 5.91 Å². The summed E-state index contributed by atoms with van der Waals surface area (Å²) in [5.74, 6) is -0.232. The molecule has 16 heavy (non-hydrogen) atoms. The van der Waals surface area contributed by atoms with E-state index in [0.29, 0.717) is 18.9 Å². The number of carbonyl (C=O) groups is 1. The van der Waals surface area contributed by atoms with Crippen LogP contribution in [0.2, 0.25) is 0 Å². The van der Waals surface area contributed by atoms with Gasteiger partial charge >= 0.3 is 0 Å². The molecule has 0 aliphatic carbocycles. The molecule has 0 atom stereocenters. The number of amides is 1. The van der Waals surface area contributed by atoms with Crippen LogP contribution in [0.15, 0.2) is 23.0 Å². The van der Waals surface area contributed by atoms with Crippen LogP contribution < -0.4 is 10.9 Å². The highest BCUT2D eigenvalue weighted by Gasteiger charge is 2.17. The van der Waals surface area contributed by atoms with E-state index in [-0.39, 0.29) is 17.5 Å². The van der Waals surface area contributed by atoms with Crippen LogP contribution in [0.4, 0.5) is 0 Å². The minimum Gasteiger partial charge on any atom is -0.381 e. The Morgan fingerprint density at radius 3 is 2.81 bits per heavy atom. The number of nitrogens with one attached hydrogen (secondary N) is 2. The van der Waals surface area contributed by atoms with Gasteiger partial charge in [-0.3, -0.25) is 9.59 Å². The van der Waals surface area contributed by atoms with Crippen LogP contribution >= 0.6 is 0 Å². The number of H-pyrrole nitrogens is 1. The van der Waals surface area contributed by atoms with E-state index in [2.05, 4.69) is 10.3 Å². The van der Waals surface area contributed by atoms with E-state index in [9.17, 15) is 9.59 Å². The number of pyridine rings is 1. The molecule has 86 valence electrons. The van der Waals surface area contributed by atoms with Gasteiger partial charge in [-0.15, -0.1) is 0 Å². The molecule has 1 aliphatic heterocycles. The number of ether oxygens (including phenoxy) is 1. The van der Waals surface area contributed by atoms with E-state index in [4.69, 9.17) is 4.74 Å². The Labute approximate surface area is 92.8 Å². The van der Waals surface area contributed by atoms with Crippen molar-refractivity contribution < 1.29 is 9.53 Å². The summed E-state index contributed by atoms with van der Waals surface area (Å²) in [5.41, 5.74) is 0.0404. The second-order valence-corrected chi connectivity index (χ2v) is 3.79. The van der Waals surface area contributed by atoms with Gasteiger partial charge in [0.05, 0.1) is 0 Å². The number of hydrogen-bond acceptors (Lipinski definition) is 3. The third-order valence-corrected chi connectivity index (χ3v) is 2.57. The van der Waals surface area contributed by atoms with E-state index >= 15 is 0 Å². The molecule has 0 unspecified atom stereocenters. The number of carbonyl (C=O) groups excluding carboxylic acids is 1. The van der Waals surface area contributed by atoms with Crippen molar-refractivity contribution in [2.45, 2.75) is 18.9 Å². The molecular formula is C11H14N2O3. The molecule has 1 aromatic heterocycles. The molecule has 0 aromatic carbocycles. The molecular weight excluding hydrogens is 208 g/mol. The van der Waals surface area contributed by atoms with Crippen molar-refractivity contribution in [3.63, 3.8) is 0 Å². The van der Waals surface area contributed by atoms with E-state index < -0.39 is 0 Å². The molecule has 2 N–H and O–H groups in total. The molecule has 1 saturated heterocycles. The minimum absolute atomic E-state index is 0.143. The smallest absolute Gasteiger partial charge is 0.268 e. The summed E-state index contributed by atoms with van der Waals surface area (Å²) in [6.45, 7) is 1.35. The van der Waals surface area contributed by atoms with Crippen molar-refractivity contribution in [1.82, 2.24) is 10.3 Å². The molecule has 0 saturated carbocycles. The SMILES string of the molecule is O=C(NC1CCOCC1)c1cccc(=O)[nH]1. The molecule has 2 heterocycles. The molecule has 5 heteroatoms. The van der Waals surface area contributed by atoms with Gasteiger partial charge in [0.2, 0.25) is 5.56 Å². The van der Waals surface area contributed by atoms with Crippen molar-refractivity contribution in [2.75, 3.05) is 13.2 Å². The molecule has 0 radical (unpaired) electrons. The van der Waals surface area contributed by atoms with Crippen molar-refractivity contribution in [3.8, 4) is 0 Å². The summed E-state index contributed by atoms with van der Waals surface area (Å²) in [6, 6.07) is 4.68. The fourth-order valence-electron chi connectivity index (χ4n) is 1.69. The third kappa shape index (κ3) is 2.70. The highest BCUT2D eigenvalue weighted by Crippen LogP contribution is 2.06. The number of aromatic amines is 1. The first-order valence-corrected chi connectivity index (χ1v) is 5.33. The van der Waals surface area contributed by atoms with Crippen molar-refractivity contribution >= 4 is 5.91 Å².